The monoisotopic (exact) mass is 774 g/mol. The van der Waals surface area contributed by atoms with E-state index in [1.54, 1.807) is 24.3 Å². The second-order valence-corrected chi connectivity index (χ2v) is 13.5. The van der Waals surface area contributed by atoms with Crippen LogP contribution < -0.4 is 11.5 Å². The van der Waals surface area contributed by atoms with E-state index in [0.29, 0.717) is 29.5 Å². The van der Waals surface area contributed by atoms with Crippen LogP contribution in [0.2, 0.25) is 0 Å². The molecule has 5 aromatic rings. The Hall–Kier alpha value is -5.53. The van der Waals surface area contributed by atoms with Crippen LogP contribution in [0.3, 0.4) is 0 Å². The van der Waals surface area contributed by atoms with Crippen LogP contribution in [0.25, 0.3) is 38.5 Å². The van der Waals surface area contributed by atoms with Crippen molar-refractivity contribution >= 4 is 85.3 Å². The van der Waals surface area contributed by atoms with E-state index in [2.05, 4.69) is 9.97 Å². The van der Waals surface area contributed by atoms with Crippen LogP contribution in [0.4, 0.5) is 32.0 Å². The van der Waals surface area contributed by atoms with E-state index in [9.17, 15) is 45.5 Å². The minimum Gasteiger partial charge on any atom is -0.659 e. The van der Waals surface area contributed by atoms with Crippen molar-refractivity contribution in [2.45, 2.75) is 22.3 Å². The molecule has 0 atom stereocenters. The normalized spacial score (nSPS) is 12.5. The first-order chi connectivity index (χ1) is 24.4. The molecule has 2 aromatic carbocycles. The molecule has 0 radical (unpaired) electrons. The van der Waals surface area contributed by atoms with Crippen LogP contribution in [-0.2, 0) is 28.5 Å². The Balaban J connectivity index is 0.000000202. The molecule has 2 amide bonds. The number of anilines is 1. The average molecular weight is 775 g/mol. The zero-order valence-electron chi connectivity index (χ0n) is 26.0. The number of carbonyl (C=O) groups is 4. The maximum absolute atomic E-state index is 13.5. The number of nitrogens with zero attached hydrogens (tertiary/aromatic N) is 2. The van der Waals surface area contributed by atoms with E-state index in [4.69, 9.17) is 22.6 Å². The number of pyridine rings is 2. The van der Waals surface area contributed by atoms with Crippen LogP contribution in [0.5, 0.6) is 0 Å². The Labute approximate surface area is 300 Å². The van der Waals surface area contributed by atoms with Crippen molar-refractivity contribution in [3.8, 4) is 22.5 Å². The lowest BCUT2D eigenvalue weighted by Gasteiger charge is -2.12. The SMILES string of the molecule is CSc1ccc(-c2cc(C(F)(F)F)c3c(N)c(C(N)=O)sc3n2)cc1.N=C1C(C([NH-])=O)=[S+]c2nc(-c3ccc(C=O)c(C=O)c3)cc(C(F)(F)F)c21. The highest BCUT2D eigenvalue weighted by Gasteiger charge is 2.45. The third kappa shape index (κ3) is 7.28. The first kappa shape index (κ1) is 37.7. The Kier molecular flexibility index (Phi) is 10.3. The maximum atomic E-state index is 13.5. The number of rotatable bonds is 7. The Morgan fingerprint density at radius 3 is 2.00 bits per heavy atom. The summed E-state index contributed by atoms with van der Waals surface area (Å²) in [6.45, 7) is 0. The fourth-order valence-electron chi connectivity index (χ4n) is 5.01. The number of aromatic nitrogens is 2. The van der Waals surface area contributed by atoms with Gasteiger partial charge >= 0.3 is 17.4 Å². The molecule has 0 saturated heterocycles. The number of alkyl halides is 6. The van der Waals surface area contributed by atoms with Crippen molar-refractivity contribution in [3.63, 3.8) is 0 Å². The van der Waals surface area contributed by atoms with Gasteiger partial charge in [-0.1, -0.05) is 24.3 Å². The Morgan fingerprint density at radius 2 is 1.46 bits per heavy atom. The molecule has 19 heteroatoms. The van der Waals surface area contributed by atoms with E-state index >= 15 is 0 Å². The first-order valence-corrected chi connectivity index (χ1v) is 17.1. The Bertz CT molecular complexity index is 2360. The summed E-state index contributed by atoms with van der Waals surface area (Å²) in [5.41, 5.74) is 15.2. The quantitative estimate of drug-likeness (QED) is 0.0502. The number of nitrogens with two attached hydrogens (primary N) is 2. The molecule has 1 aliphatic rings. The van der Waals surface area contributed by atoms with Crippen molar-refractivity contribution in [2.24, 2.45) is 5.73 Å². The lowest BCUT2D eigenvalue weighted by atomic mass is 9.98. The molecule has 0 bridgehead atoms. The molecule has 52 heavy (non-hydrogen) atoms. The number of amides is 2. The summed E-state index contributed by atoms with van der Waals surface area (Å²) in [5, 5.41) is 7.31. The minimum atomic E-state index is -4.83. The summed E-state index contributed by atoms with van der Waals surface area (Å²) < 4.78 is 81.2. The van der Waals surface area contributed by atoms with Gasteiger partial charge in [0.2, 0.25) is 0 Å². The maximum Gasteiger partial charge on any atom is 0.417 e. The van der Waals surface area contributed by atoms with Gasteiger partial charge in [-0.15, -0.1) is 23.1 Å². The van der Waals surface area contributed by atoms with E-state index in [1.165, 1.54) is 30.0 Å². The number of primary amides is 1. The number of thioether (sulfide) groups is 1. The second-order valence-electron chi connectivity index (χ2n) is 10.6. The summed E-state index contributed by atoms with van der Waals surface area (Å²) in [7, 11) is 0. The van der Waals surface area contributed by atoms with Gasteiger partial charge in [-0.3, -0.25) is 19.8 Å². The second kappa shape index (κ2) is 14.2. The number of thiophene rings is 1. The van der Waals surface area contributed by atoms with Crippen molar-refractivity contribution in [2.75, 3.05) is 12.0 Å². The lowest BCUT2D eigenvalue weighted by Crippen LogP contribution is -2.21. The van der Waals surface area contributed by atoms with Gasteiger partial charge in [0, 0.05) is 32.5 Å². The highest BCUT2D eigenvalue weighted by Crippen LogP contribution is 2.43. The smallest absolute Gasteiger partial charge is 0.417 e. The number of nitrogen functional groups attached to an aromatic ring is 1. The molecule has 1 aliphatic heterocycles. The van der Waals surface area contributed by atoms with Crippen molar-refractivity contribution in [3.05, 3.63) is 93.0 Å². The number of benzene rings is 2. The van der Waals surface area contributed by atoms with Gasteiger partial charge in [0.1, 0.15) is 26.9 Å². The molecule has 266 valence electrons. The van der Waals surface area contributed by atoms with E-state index < -0.39 is 51.4 Å². The molecule has 6 N–H and O–H groups in total. The van der Waals surface area contributed by atoms with Gasteiger partial charge in [0.25, 0.3) is 22.1 Å². The van der Waals surface area contributed by atoms with E-state index in [-0.39, 0.29) is 53.9 Å². The molecule has 3 aromatic heterocycles. The predicted octanol–water partition coefficient (Wildman–Crippen LogP) is 7.35. The summed E-state index contributed by atoms with van der Waals surface area (Å²) in [5.74, 6) is -2.14. The van der Waals surface area contributed by atoms with Crippen molar-refractivity contribution in [1.82, 2.24) is 9.97 Å². The van der Waals surface area contributed by atoms with Gasteiger partial charge < -0.3 is 22.0 Å². The van der Waals surface area contributed by atoms with E-state index in [1.807, 2.05) is 6.26 Å². The van der Waals surface area contributed by atoms with Crippen LogP contribution in [-0.4, -0.2) is 51.2 Å². The summed E-state index contributed by atoms with van der Waals surface area (Å²) >= 11 is 2.82. The van der Waals surface area contributed by atoms with Crippen molar-refractivity contribution in [1.29, 1.82) is 5.41 Å². The van der Waals surface area contributed by atoms with Gasteiger partial charge in [-0.2, -0.15) is 31.3 Å². The molecule has 0 spiro atoms. The first-order valence-electron chi connectivity index (χ1n) is 14.2. The zero-order valence-corrected chi connectivity index (χ0v) is 28.5. The number of hydrogen-bond acceptors (Lipinski definition) is 10. The number of nitrogens with one attached hydrogen (secondary N) is 2. The predicted molar refractivity (Wildman–Crippen MR) is 187 cm³/mol. The number of halogens is 6. The van der Waals surface area contributed by atoms with Gasteiger partial charge in [0.05, 0.1) is 28.2 Å². The number of carbonyl (C=O) groups excluding carboxylic acids is 4. The molecule has 4 heterocycles. The van der Waals surface area contributed by atoms with Crippen LogP contribution in [0, 0.1) is 5.41 Å². The highest BCUT2D eigenvalue weighted by atomic mass is 32.2. The molecule has 10 nitrogen and oxygen atoms in total. The number of hydrogen-bond donors (Lipinski definition) is 3. The Morgan fingerprint density at radius 1 is 0.885 bits per heavy atom. The average Bonchev–Trinajstić information content (AvgIpc) is 3.62. The van der Waals surface area contributed by atoms with Crippen LogP contribution >= 0.6 is 23.1 Å². The third-order valence-corrected chi connectivity index (χ3v) is 10.4. The lowest BCUT2D eigenvalue weighted by molar-refractivity contribution is -0.138. The minimum absolute atomic E-state index is 0.00709. The number of fused-ring (bicyclic) bond motifs is 2. The standard InChI is InChI=1S/C17H8F3N3O3S.C16H12F3N3OS2/c18-17(19,20)10-4-11(7-1-2-8(5-24)9(3-7)6-25)23-16-12(10)13(21)14(27-16)15(22)26;1-24-8-4-2-7(3-5-8)10-6-9(16(17,18)19)11-12(20)13(14(21)23)25-15(11)22-10/h1-6,21H,(H-,22,26);2-6H,20H2,1H3,(H2,21,23). The number of aldehydes is 2. The zero-order chi connectivity index (χ0) is 38.3. The van der Waals surface area contributed by atoms with Crippen LogP contribution in [0.1, 0.15) is 47.1 Å². The largest absolute Gasteiger partial charge is 0.659 e. The fourth-order valence-corrected chi connectivity index (χ4v) is 7.34. The molecule has 0 aliphatic carbocycles. The third-order valence-electron chi connectivity index (χ3n) is 7.42. The summed E-state index contributed by atoms with van der Waals surface area (Å²) in [6.07, 6.45) is -6.71. The fraction of sp³-hybridized carbons (Fsp3) is 0.0909. The molecule has 6 rings (SSSR count). The molecule has 0 fully saturated rings. The molecular formula is C33H20F6N6O4S3. The summed E-state index contributed by atoms with van der Waals surface area (Å²) in [4.78, 5) is 53.5. The summed E-state index contributed by atoms with van der Waals surface area (Å²) in [6, 6.07) is 12.5. The molecular weight excluding hydrogens is 755 g/mol. The topological polar surface area (TPSA) is 194 Å². The van der Waals surface area contributed by atoms with E-state index in [0.717, 1.165) is 28.4 Å². The van der Waals surface area contributed by atoms with Gasteiger partial charge in [-0.05, 0) is 36.6 Å². The molecule has 0 unspecified atom stereocenters. The van der Waals surface area contributed by atoms with Gasteiger partial charge in [-0.25, -0.2) is 4.98 Å². The van der Waals surface area contributed by atoms with Crippen LogP contribution in [0.15, 0.2) is 64.5 Å². The highest BCUT2D eigenvalue weighted by molar-refractivity contribution is 7.98. The van der Waals surface area contributed by atoms with Gasteiger partial charge in [0.15, 0.2) is 12.6 Å². The molecule has 0 saturated carbocycles. The van der Waals surface area contributed by atoms with Crippen molar-refractivity contribution < 1.29 is 45.5 Å².